The quantitative estimate of drug-likeness (QED) is 0.901. The number of fused-ring (bicyclic) bond motifs is 3. The molecule has 4 fully saturated rings. The van der Waals surface area contributed by atoms with Crippen LogP contribution in [-0.4, -0.2) is 77.6 Å². The van der Waals surface area contributed by atoms with Crippen LogP contribution < -0.4 is 0 Å². The molecule has 1 aromatic rings. The van der Waals surface area contributed by atoms with Crippen molar-refractivity contribution in [3.8, 4) is 5.75 Å². The van der Waals surface area contributed by atoms with Crippen molar-refractivity contribution in [3.05, 3.63) is 29.8 Å². The van der Waals surface area contributed by atoms with Crippen molar-refractivity contribution in [3.63, 3.8) is 0 Å². The predicted octanol–water partition coefficient (Wildman–Crippen LogP) is 1.56. The summed E-state index contributed by atoms with van der Waals surface area (Å²) in [6, 6.07) is 7.94. The number of aromatic hydroxyl groups is 1. The highest BCUT2D eigenvalue weighted by Gasteiger charge is 2.38. The van der Waals surface area contributed by atoms with E-state index >= 15 is 0 Å². The highest BCUT2D eigenvalue weighted by molar-refractivity contribution is 5.76. The molecule has 1 aromatic carbocycles. The summed E-state index contributed by atoms with van der Waals surface area (Å²) < 4.78 is 0. The molecule has 0 spiro atoms. The van der Waals surface area contributed by atoms with Crippen molar-refractivity contribution in [2.45, 2.75) is 31.7 Å². The van der Waals surface area contributed by atoms with Gasteiger partial charge >= 0.3 is 0 Å². The van der Waals surface area contributed by atoms with Crippen LogP contribution in [0.15, 0.2) is 24.3 Å². The third kappa shape index (κ3) is 3.82. The van der Waals surface area contributed by atoms with E-state index in [2.05, 4.69) is 9.80 Å². The molecule has 4 aliphatic rings. The number of rotatable bonds is 4. The first-order chi connectivity index (χ1) is 12.2. The number of carbonyl (C=O) groups excluding carboxylic acids is 1. The first kappa shape index (κ1) is 16.9. The van der Waals surface area contributed by atoms with Crippen LogP contribution in [0.3, 0.4) is 0 Å². The minimum absolute atomic E-state index is 0.247. The van der Waals surface area contributed by atoms with Crippen LogP contribution in [0.1, 0.15) is 24.8 Å². The van der Waals surface area contributed by atoms with Gasteiger partial charge < -0.3 is 14.9 Å². The molecule has 136 valence electrons. The Balaban J connectivity index is 1.25. The van der Waals surface area contributed by atoms with Gasteiger partial charge in [-0.2, -0.15) is 0 Å². The van der Waals surface area contributed by atoms with Crippen molar-refractivity contribution < 1.29 is 9.90 Å². The van der Waals surface area contributed by atoms with Gasteiger partial charge in [-0.15, -0.1) is 0 Å². The fraction of sp³-hybridized carbons (Fsp3) is 0.650. The molecule has 2 bridgehead atoms. The molecule has 0 radical (unpaired) electrons. The van der Waals surface area contributed by atoms with Gasteiger partial charge in [0.05, 0.1) is 0 Å². The third-order valence-electron chi connectivity index (χ3n) is 6.30. The molecule has 4 heterocycles. The molecule has 0 aliphatic carbocycles. The summed E-state index contributed by atoms with van der Waals surface area (Å²) in [6.07, 6.45) is 3.94. The SMILES string of the molecule is O=C(CCc1cccc(O)c1)N1CCN([C@H]2CN3CCC2CC3)CC1. The largest absolute Gasteiger partial charge is 0.508 e. The summed E-state index contributed by atoms with van der Waals surface area (Å²) in [4.78, 5) is 19.8. The molecule has 25 heavy (non-hydrogen) atoms. The van der Waals surface area contributed by atoms with Gasteiger partial charge in [-0.05, 0) is 56.0 Å². The van der Waals surface area contributed by atoms with Crippen LogP contribution in [-0.2, 0) is 11.2 Å². The van der Waals surface area contributed by atoms with Crippen molar-refractivity contribution in [1.82, 2.24) is 14.7 Å². The van der Waals surface area contributed by atoms with Gasteiger partial charge in [-0.1, -0.05) is 12.1 Å². The van der Waals surface area contributed by atoms with Crippen LogP contribution in [0, 0.1) is 5.92 Å². The molecular weight excluding hydrogens is 314 g/mol. The molecule has 0 unspecified atom stereocenters. The number of phenolic OH excluding ortho intramolecular Hbond substituents is 1. The normalized spacial score (nSPS) is 29.8. The van der Waals surface area contributed by atoms with Gasteiger partial charge in [0.15, 0.2) is 0 Å². The average Bonchev–Trinajstić information content (AvgIpc) is 2.67. The Morgan fingerprint density at radius 1 is 1.08 bits per heavy atom. The predicted molar refractivity (Wildman–Crippen MR) is 97.5 cm³/mol. The van der Waals surface area contributed by atoms with Crippen LogP contribution in [0.25, 0.3) is 0 Å². The summed E-state index contributed by atoms with van der Waals surface area (Å²) in [5.74, 6) is 1.39. The van der Waals surface area contributed by atoms with E-state index in [0.29, 0.717) is 18.9 Å². The Kier molecular flexibility index (Phi) is 4.95. The zero-order chi connectivity index (χ0) is 17.2. The summed E-state index contributed by atoms with van der Waals surface area (Å²) >= 11 is 0. The van der Waals surface area contributed by atoms with Crippen molar-refractivity contribution >= 4 is 5.91 Å². The van der Waals surface area contributed by atoms with E-state index in [1.54, 1.807) is 12.1 Å². The number of carbonyl (C=O) groups is 1. The van der Waals surface area contributed by atoms with E-state index in [4.69, 9.17) is 0 Å². The minimum atomic E-state index is 0.247. The molecule has 0 saturated carbocycles. The van der Waals surface area contributed by atoms with Crippen molar-refractivity contribution in [2.24, 2.45) is 5.92 Å². The second-order valence-electron chi connectivity index (χ2n) is 7.79. The number of piperidine rings is 3. The van der Waals surface area contributed by atoms with E-state index < -0.39 is 0 Å². The number of hydrogen-bond acceptors (Lipinski definition) is 4. The summed E-state index contributed by atoms with van der Waals surface area (Å²) in [5, 5.41) is 9.52. The number of benzene rings is 1. The first-order valence-electron chi connectivity index (χ1n) is 9.71. The standard InChI is InChI=1S/C20H29N3O2/c24-18-3-1-2-16(14-18)4-5-20(25)23-12-10-22(11-13-23)19-15-21-8-6-17(19)7-9-21/h1-3,14,17,19,24H,4-13,15H2/t19-/m0/s1. The zero-order valence-corrected chi connectivity index (χ0v) is 14.9. The number of amides is 1. The van der Waals surface area contributed by atoms with Gasteiger partial charge in [-0.3, -0.25) is 9.69 Å². The lowest BCUT2D eigenvalue weighted by Gasteiger charge is -2.51. The smallest absolute Gasteiger partial charge is 0.222 e. The number of nitrogens with zero attached hydrogens (tertiary/aromatic N) is 3. The van der Waals surface area contributed by atoms with Gasteiger partial charge in [0.25, 0.3) is 0 Å². The lowest BCUT2D eigenvalue weighted by molar-refractivity contribution is -0.134. The van der Waals surface area contributed by atoms with Gasteiger partial charge in [0.1, 0.15) is 5.75 Å². The second-order valence-corrected chi connectivity index (χ2v) is 7.79. The number of piperazine rings is 1. The molecule has 5 heteroatoms. The molecule has 4 aliphatic heterocycles. The highest BCUT2D eigenvalue weighted by Crippen LogP contribution is 2.31. The number of phenols is 1. The Morgan fingerprint density at radius 3 is 2.48 bits per heavy atom. The van der Waals surface area contributed by atoms with E-state index in [1.807, 2.05) is 17.0 Å². The third-order valence-corrected chi connectivity index (χ3v) is 6.30. The van der Waals surface area contributed by atoms with E-state index in [-0.39, 0.29) is 11.7 Å². The van der Waals surface area contributed by atoms with Gasteiger partial charge in [0, 0.05) is 45.2 Å². The monoisotopic (exact) mass is 343 g/mol. The Hall–Kier alpha value is -1.59. The maximum Gasteiger partial charge on any atom is 0.222 e. The van der Waals surface area contributed by atoms with Crippen molar-refractivity contribution in [1.29, 1.82) is 0 Å². The second kappa shape index (κ2) is 7.34. The molecule has 5 nitrogen and oxygen atoms in total. The highest BCUT2D eigenvalue weighted by atomic mass is 16.3. The van der Waals surface area contributed by atoms with E-state index in [0.717, 1.165) is 37.7 Å². The van der Waals surface area contributed by atoms with Crippen molar-refractivity contribution in [2.75, 3.05) is 45.8 Å². The maximum absolute atomic E-state index is 12.5. The van der Waals surface area contributed by atoms with Crippen LogP contribution in [0.4, 0.5) is 0 Å². The molecule has 1 amide bonds. The van der Waals surface area contributed by atoms with Crippen LogP contribution >= 0.6 is 0 Å². The zero-order valence-electron chi connectivity index (χ0n) is 14.9. The number of hydrogen-bond donors (Lipinski definition) is 1. The molecular formula is C20H29N3O2. The Morgan fingerprint density at radius 2 is 1.84 bits per heavy atom. The summed E-state index contributed by atoms with van der Waals surface area (Å²) in [5.41, 5.74) is 1.03. The minimum Gasteiger partial charge on any atom is -0.508 e. The van der Waals surface area contributed by atoms with E-state index in [1.165, 1.54) is 32.5 Å². The van der Waals surface area contributed by atoms with Crippen LogP contribution in [0.2, 0.25) is 0 Å². The molecule has 0 aromatic heterocycles. The summed E-state index contributed by atoms with van der Waals surface area (Å²) in [6.45, 7) is 7.57. The molecule has 1 N–H and O–H groups in total. The Labute approximate surface area is 150 Å². The maximum atomic E-state index is 12.5. The fourth-order valence-corrected chi connectivity index (χ4v) is 4.77. The van der Waals surface area contributed by atoms with Crippen LogP contribution in [0.5, 0.6) is 5.75 Å². The fourth-order valence-electron chi connectivity index (χ4n) is 4.77. The number of aryl methyl sites for hydroxylation is 1. The summed E-state index contributed by atoms with van der Waals surface area (Å²) in [7, 11) is 0. The lowest BCUT2D eigenvalue weighted by Crippen LogP contribution is -2.61. The first-order valence-corrected chi connectivity index (χ1v) is 9.71. The van der Waals surface area contributed by atoms with Gasteiger partial charge in [-0.25, -0.2) is 0 Å². The lowest BCUT2D eigenvalue weighted by atomic mass is 9.83. The van der Waals surface area contributed by atoms with E-state index in [9.17, 15) is 9.90 Å². The van der Waals surface area contributed by atoms with Gasteiger partial charge in [0.2, 0.25) is 5.91 Å². The molecule has 1 atom stereocenters. The molecule has 4 saturated heterocycles. The molecule has 5 rings (SSSR count). The average molecular weight is 343 g/mol. The topological polar surface area (TPSA) is 47.0 Å². The Bertz CT molecular complexity index is 605.